The second-order valence-corrected chi connectivity index (χ2v) is 8.04. The molecule has 0 saturated carbocycles. The number of pyridine rings is 1. The Morgan fingerprint density at radius 1 is 1.14 bits per heavy atom. The van der Waals surface area contributed by atoms with Crippen LogP contribution < -0.4 is 21.5 Å². The molecular formula is C21H22N4O3S. The molecule has 0 saturated heterocycles. The van der Waals surface area contributed by atoms with Crippen LogP contribution in [0.2, 0.25) is 0 Å². The fraction of sp³-hybridized carbons (Fsp3) is 0.286. The Hall–Kier alpha value is -3.13. The maximum absolute atomic E-state index is 13.4. The Labute approximate surface area is 172 Å². The highest BCUT2D eigenvalue weighted by Gasteiger charge is 2.27. The largest absolute Gasteiger partial charge is 0.497 e. The van der Waals surface area contributed by atoms with Gasteiger partial charge in [-0.15, -0.1) is 11.3 Å². The van der Waals surface area contributed by atoms with E-state index < -0.39 is 5.91 Å². The standard InChI is InChI=1S/C21H22N4O3S/c1-28-12-9-7-11(8-10-12)24-20(27)15-13-5-3-2-4-6-14(13)25-21-16(15)17(22)18(29-21)19(23)26/h7-10H,2-6,22H2,1H3,(H2,23,26)(H,24,27). The lowest BCUT2D eigenvalue weighted by Gasteiger charge is -2.14. The summed E-state index contributed by atoms with van der Waals surface area (Å²) in [5.74, 6) is -0.167. The van der Waals surface area contributed by atoms with E-state index in [1.165, 1.54) is 0 Å². The van der Waals surface area contributed by atoms with Crippen molar-refractivity contribution >= 4 is 44.7 Å². The Balaban J connectivity index is 1.86. The van der Waals surface area contributed by atoms with Crippen LogP contribution in [0.15, 0.2) is 24.3 Å². The van der Waals surface area contributed by atoms with Crippen molar-refractivity contribution in [2.75, 3.05) is 18.2 Å². The first kappa shape index (κ1) is 19.2. The van der Waals surface area contributed by atoms with Gasteiger partial charge in [0.15, 0.2) is 0 Å². The predicted octanol–water partition coefficient (Wildman–Crippen LogP) is 3.51. The van der Waals surface area contributed by atoms with Crippen LogP contribution in [0.4, 0.5) is 11.4 Å². The van der Waals surface area contributed by atoms with E-state index in [4.69, 9.17) is 21.2 Å². The smallest absolute Gasteiger partial charge is 0.260 e. The van der Waals surface area contributed by atoms with Crippen LogP contribution in [0.25, 0.3) is 10.2 Å². The average molecular weight is 410 g/mol. The number of anilines is 2. The number of aryl methyl sites for hydroxylation is 1. The van der Waals surface area contributed by atoms with E-state index in [1.54, 1.807) is 31.4 Å². The number of nitrogens with one attached hydrogen (secondary N) is 1. The van der Waals surface area contributed by atoms with E-state index >= 15 is 0 Å². The summed E-state index contributed by atoms with van der Waals surface area (Å²) in [6.07, 6.45) is 4.65. The molecule has 8 heteroatoms. The first-order valence-electron chi connectivity index (χ1n) is 9.48. The first-order chi connectivity index (χ1) is 14.0. The number of nitrogens with two attached hydrogens (primary N) is 2. The number of rotatable bonds is 4. The molecule has 1 aliphatic rings. The van der Waals surface area contributed by atoms with Gasteiger partial charge in [-0.2, -0.15) is 0 Å². The summed E-state index contributed by atoms with van der Waals surface area (Å²) < 4.78 is 5.17. The first-order valence-corrected chi connectivity index (χ1v) is 10.3. The second kappa shape index (κ2) is 7.71. The van der Waals surface area contributed by atoms with E-state index in [2.05, 4.69) is 5.32 Å². The number of carbonyl (C=O) groups excluding carboxylic acids is 2. The minimum absolute atomic E-state index is 0.233. The normalized spacial score (nSPS) is 13.6. The van der Waals surface area contributed by atoms with Crippen molar-refractivity contribution in [1.29, 1.82) is 0 Å². The fourth-order valence-electron chi connectivity index (χ4n) is 3.79. The minimum Gasteiger partial charge on any atom is -0.497 e. The van der Waals surface area contributed by atoms with E-state index in [0.717, 1.165) is 54.7 Å². The highest BCUT2D eigenvalue weighted by molar-refractivity contribution is 7.21. The molecular weight excluding hydrogens is 388 g/mol. The molecule has 7 nitrogen and oxygen atoms in total. The molecule has 1 aromatic carbocycles. The summed E-state index contributed by atoms with van der Waals surface area (Å²) >= 11 is 1.15. The zero-order valence-electron chi connectivity index (χ0n) is 16.1. The Morgan fingerprint density at radius 3 is 2.55 bits per heavy atom. The van der Waals surface area contributed by atoms with Crippen LogP contribution in [0.1, 0.15) is 50.5 Å². The topological polar surface area (TPSA) is 120 Å². The molecule has 0 radical (unpaired) electrons. The van der Waals surface area contributed by atoms with E-state index in [-0.39, 0.29) is 16.5 Å². The van der Waals surface area contributed by atoms with Crippen LogP contribution in [0.5, 0.6) is 5.75 Å². The van der Waals surface area contributed by atoms with Crippen LogP contribution in [0, 0.1) is 0 Å². The molecule has 0 spiro atoms. The van der Waals surface area contributed by atoms with Crippen LogP contribution >= 0.6 is 11.3 Å². The van der Waals surface area contributed by atoms with Gasteiger partial charge in [-0.05, 0) is 55.5 Å². The number of primary amides is 1. The number of nitrogen functional groups attached to an aromatic ring is 1. The number of hydrogen-bond acceptors (Lipinski definition) is 6. The number of aromatic nitrogens is 1. The highest BCUT2D eigenvalue weighted by Crippen LogP contribution is 2.39. The van der Waals surface area contributed by atoms with E-state index in [0.29, 0.717) is 27.2 Å². The molecule has 4 rings (SSSR count). The summed E-state index contributed by atoms with van der Waals surface area (Å²) in [6.45, 7) is 0. The highest BCUT2D eigenvalue weighted by atomic mass is 32.1. The quantitative estimate of drug-likeness (QED) is 0.569. The van der Waals surface area contributed by atoms with Crippen LogP contribution in [0.3, 0.4) is 0 Å². The van der Waals surface area contributed by atoms with Gasteiger partial charge in [0.2, 0.25) is 0 Å². The van der Waals surface area contributed by atoms with Crippen LogP contribution in [-0.4, -0.2) is 23.9 Å². The number of ether oxygens (including phenoxy) is 1. The van der Waals surface area contributed by atoms with Gasteiger partial charge >= 0.3 is 0 Å². The minimum atomic E-state index is -0.609. The van der Waals surface area contributed by atoms with E-state index in [9.17, 15) is 9.59 Å². The number of methoxy groups -OCH3 is 1. The fourth-order valence-corrected chi connectivity index (χ4v) is 4.76. The summed E-state index contributed by atoms with van der Waals surface area (Å²) in [4.78, 5) is 30.7. The second-order valence-electron chi connectivity index (χ2n) is 7.04. The summed E-state index contributed by atoms with van der Waals surface area (Å²) in [5, 5.41) is 3.47. The Kier molecular flexibility index (Phi) is 5.10. The maximum atomic E-state index is 13.4. The van der Waals surface area contributed by atoms with Crippen molar-refractivity contribution in [3.63, 3.8) is 0 Å². The Morgan fingerprint density at radius 2 is 1.86 bits per heavy atom. The van der Waals surface area contributed by atoms with Crippen LogP contribution in [-0.2, 0) is 12.8 Å². The molecule has 1 aliphatic carbocycles. The number of thiophene rings is 1. The summed E-state index contributed by atoms with van der Waals surface area (Å²) in [5.41, 5.74) is 15.0. The molecule has 2 amide bonds. The lowest BCUT2D eigenvalue weighted by Crippen LogP contribution is -2.17. The molecule has 0 aliphatic heterocycles. The number of nitrogens with zero attached hydrogens (tertiary/aromatic N) is 1. The number of benzene rings is 1. The van der Waals surface area contributed by atoms with Crippen molar-refractivity contribution in [3.8, 4) is 5.75 Å². The monoisotopic (exact) mass is 410 g/mol. The lowest BCUT2D eigenvalue weighted by molar-refractivity contribution is 0.100. The zero-order chi connectivity index (χ0) is 20.5. The van der Waals surface area contributed by atoms with Crippen molar-refractivity contribution in [3.05, 3.63) is 46.0 Å². The molecule has 0 unspecified atom stereocenters. The molecule has 0 atom stereocenters. The molecule has 150 valence electrons. The summed E-state index contributed by atoms with van der Waals surface area (Å²) in [7, 11) is 1.59. The van der Waals surface area contributed by atoms with Gasteiger partial charge in [0.05, 0.1) is 18.4 Å². The van der Waals surface area contributed by atoms with Gasteiger partial charge in [-0.3, -0.25) is 9.59 Å². The van der Waals surface area contributed by atoms with Gasteiger partial charge in [0, 0.05) is 16.8 Å². The van der Waals surface area contributed by atoms with Crippen molar-refractivity contribution in [1.82, 2.24) is 4.98 Å². The third kappa shape index (κ3) is 3.51. The number of hydrogen-bond donors (Lipinski definition) is 3. The lowest BCUT2D eigenvalue weighted by atomic mass is 9.97. The van der Waals surface area contributed by atoms with Crippen molar-refractivity contribution in [2.45, 2.75) is 32.1 Å². The molecule has 2 aromatic heterocycles. The number of fused-ring (bicyclic) bond motifs is 2. The molecule has 29 heavy (non-hydrogen) atoms. The molecule has 5 N–H and O–H groups in total. The SMILES string of the molecule is COc1ccc(NC(=O)c2c3c(nc4sc(C(N)=O)c(N)c24)CCCCC3)cc1. The van der Waals surface area contributed by atoms with Crippen molar-refractivity contribution < 1.29 is 14.3 Å². The Bertz CT molecular complexity index is 1110. The average Bonchev–Trinajstić information content (AvgIpc) is 2.88. The third-order valence-electron chi connectivity index (χ3n) is 5.20. The third-order valence-corrected chi connectivity index (χ3v) is 6.32. The predicted molar refractivity (Wildman–Crippen MR) is 115 cm³/mol. The molecule has 2 heterocycles. The van der Waals surface area contributed by atoms with Gasteiger partial charge in [0.25, 0.3) is 11.8 Å². The number of amides is 2. The van der Waals surface area contributed by atoms with Gasteiger partial charge < -0.3 is 21.5 Å². The molecule has 0 bridgehead atoms. The van der Waals surface area contributed by atoms with Gasteiger partial charge in [-0.25, -0.2) is 4.98 Å². The van der Waals surface area contributed by atoms with Gasteiger partial charge in [-0.1, -0.05) is 6.42 Å². The van der Waals surface area contributed by atoms with Crippen molar-refractivity contribution in [2.24, 2.45) is 5.73 Å². The molecule has 0 fully saturated rings. The van der Waals surface area contributed by atoms with E-state index in [1.807, 2.05) is 0 Å². The molecule has 3 aromatic rings. The summed E-state index contributed by atoms with van der Waals surface area (Å²) in [6, 6.07) is 7.12. The van der Waals surface area contributed by atoms with Gasteiger partial charge in [0.1, 0.15) is 15.5 Å². The number of carbonyl (C=O) groups is 2. The maximum Gasteiger partial charge on any atom is 0.260 e. The zero-order valence-corrected chi connectivity index (χ0v) is 16.9.